The summed E-state index contributed by atoms with van der Waals surface area (Å²) in [4.78, 5) is 25.9. The lowest BCUT2D eigenvalue weighted by molar-refractivity contribution is -0.136. The SMILES string of the molecule is COCCn1c(C)cc2c(c1=O)[C@H](c1ccccc1Cl)C(C(=O)OC)=C(N)O2. The first kappa shape index (κ1) is 20.0. The molecule has 8 heteroatoms. The summed E-state index contributed by atoms with van der Waals surface area (Å²) in [5.41, 5.74) is 7.33. The van der Waals surface area contributed by atoms with Crippen molar-refractivity contribution < 1.29 is 19.0 Å². The fraction of sp³-hybridized carbons (Fsp3) is 0.300. The molecule has 28 heavy (non-hydrogen) atoms. The molecule has 1 aliphatic heterocycles. The Hall–Kier alpha value is -2.77. The van der Waals surface area contributed by atoms with Gasteiger partial charge in [-0.3, -0.25) is 4.79 Å². The van der Waals surface area contributed by atoms with Gasteiger partial charge in [-0.2, -0.15) is 0 Å². The van der Waals surface area contributed by atoms with Crippen LogP contribution in [-0.4, -0.2) is 31.4 Å². The molecule has 0 bridgehead atoms. The lowest BCUT2D eigenvalue weighted by Gasteiger charge is -2.29. The Morgan fingerprint density at radius 2 is 2.04 bits per heavy atom. The van der Waals surface area contributed by atoms with Gasteiger partial charge in [-0.15, -0.1) is 0 Å². The van der Waals surface area contributed by atoms with Crippen molar-refractivity contribution >= 4 is 17.6 Å². The molecular weight excluding hydrogens is 384 g/mol. The number of pyridine rings is 1. The second kappa shape index (κ2) is 8.08. The second-order valence-electron chi connectivity index (χ2n) is 6.34. The fourth-order valence-electron chi connectivity index (χ4n) is 3.38. The van der Waals surface area contributed by atoms with Gasteiger partial charge in [0.1, 0.15) is 11.3 Å². The number of halogens is 1. The predicted octanol–water partition coefficient (Wildman–Crippen LogP) is 2.32. The van der Waals surface area contributed by atoms with E-state index in [0.717, 1.165) is 0 Å². The Bertz CT molecular complexity index is 1010. The van der Waals surface area contributed by atoms with Gasteiger partial charge in [0.25, 0.3) is 5.56 Å². The molecule has 1 atom stereocenters. The summed E-state index contributed by atoms with van der Waals surface area (Å²) < 4.78 is 17.2. The smallest absolute Gasteiger partial charge is 0.340 e. The Kier molecular flexibility index (Phi) is 5.76. The molecule has 0 amide bonds. The molecule has 0 saturated heterocycles. The van der Waals surface area contributed by atoms with Gasteiger partial charge in [-0.1, -0.05) is 29.8 Å². The van der Waals surface area contributed by atoms with Crippen molar-refractivity contribution in [3.8, 4) is 5.75 Å². The minimum Gasteiger partial charge on any atom is -0.465 e. The van der Waals surface area contributed by atoms with E-state index in [1.807, 2.05) is 0 Å². The average Bonchev–Trinajstić information content (AvgIpc) is 2.66. The topological polar surface area (TPSA) is 92.8 Å². The molecule has 2 aromatic rings. The van der Waals surface area contributed by atoms with E-state index >= 15 is 0 Å². The quantitative estimate of drug-likeness (QED) is 0.769. The number of hydrogen-bond acceptors (Lipinski definition) is 6. The number of carbonyl (C=O) groups excluding carboxylic acids is 1. The molecule has 7 nitrogen and oxygen atoms in total. The van der Waals surface area contributed by atoms with E-state index in [-0.39, 0.29) is 22.6 Å². The van der Waals surface area contributed by atoms with Crippen molar-refractivity contribution in [2.45, 2.75) is 19.4 Å². The molecule has 0 fully saturated rings. The number of methoxy groups -OCH3 is 2. The molecule has 0 radical (unpaired) electrons. The molecule has 1 aromatic carbocycles. The van der Waals surface area contributed by atoms with Crippen LogP contribution in [0, 0.1) is 6.92 Å². The summed E-state index contributed by atoms with van der Waals surface area (Å²) in [5.74, 6) is -1.31. The van der Waals surface area contributed by atoms with Crippen LogP contribution in [0.2, 0.25) is 5.02 Å². The van der Waals surface area contributed by atoms with Crippen LogP contribution in [0.25, 0.3) is 0 Å². The third-order valence-corrected chi connectivity index (χ3v) is 5.05. The van der Waals surface area contributed by atoms with Crippen molar-refractivity contribution in [2.75, 3.05) is 20.8 Å². The predicted molar refractivity (Wildman–Crippen MR) is 104 cm³/mol. The van der Waals surface area contributed by atoms with Gasteiger partial charge in [0.15, 0.2) is 0 Å². The average molecular weight is 405 g/mol. The Morgan fingerprint density at radius 3 is 2.68 bits per heavy atom. The molecule has 0 saturated carbocycles. The van der Waals surface area contributed by atoms with Gasteiger partial charge < -0.3 is 24.5 Å². The number of hydrogen-bond donors (Lipinski definition) is 1. The summed E-state index contributed by atoms with van der Waals surface area (Å²) in [7, 11) is 2.81. The van der Waals surface area contributed by atoms with Crippen molar-refractivity contribution in [2.24, 2.45) is 5.73 Å². The lowest BCUT2D eigenvalue weighted by atomic mass is 9.83. The largest absolute Gasteiger partial charge is 0.465 e. The van der Waals surface area contributed by atoms with Crippen LogP contribution in [-0.2, 0) is 20.8 Å². The highest BCUT2D eigenvalue weighted by atomic mass is 35.5. The molecule has 2 N–H and O–H groups in total. The van der Waals surface area contributed by atoms with E-state index in [9.17, 15) is 9.59 Å². The number of aryl methyl sites for hydroxylation is 1. The van der Waals surface area contributed by atoms with Gasteiger partial charge in [0.2, 0.25) is 5.88 Å². The highest BCUT2D eigenvalue weighted by molar-refractivity contribution is 6.31. The molecule has 3 rings (SSSR count). The Balaban J connectivity index is 2.32. The number of esters is 1. The molecular formula is C20H21ClN2O5. The second-order valence-corrected chi connectivity index (χ2v) is 6.75. The summed E-state index contributed by atoms with van der Waals surface area (Å²) in [6, 6.07) is 8.70. The van der Waals surface area contributed by atoms with Gasteiger partial charge in [-0.25, -0.2) is 4.79 Å². The van der Waals surface area contributed by atoms with Crippen LogP contribution >= 0.6 is 11.6 Å². The van der Waals surface area contributed by atoms with Crippen LogP contribution in [0.4, 0.5) is 0 Å². The van der Waals surface area contributed by atoms with Gasteiger partial charge in [-0.05, 0) is 18.6 Å². The zero-order chi connectivity index (χ0) is 20.4. The number of carbonyl (C=O) groups is 1. The van der Waals surface area contributed by atoms with Crippen LogP contribution < -0.4 is 16.0 Å². The number of nitrogens with zero attached hydrogens (tertiary/aromatic N) is 1. The molecule has 0 aliphatic carbocycles. The van der Waals surface area contributed by atoms with Crippen molar-refractivity contribution in [3.63, 3.8) is 0 Å². The maximum Gasteiger partial charge on any atom is 0.340 e. The van der Waals surface area contributed by atoms with E-state index in [0.29, 0.717) is 35.2 Å². The van der Waals surface area contributed by atoms with E-state index in [2.05, 4.69) is 0 Å². The third kappa shape index (κ3) is 3.39. The summed E-state index contributed by atoms with van der Waals surface area (Å²) in [6.07, 6.45) is 0. The first-order chi connectivity index (χ1) is 13.4. The number of rotatable bonds is 5. The zero-order valence-electron chi connectivity index (χ0n) is 15.8. The summed E-state index contributed by atoms with van der Waals surface area (Å²) >= 11 is 6.41. The normalized spacial score (nSPS) is 15.8. The Morgan fingerprint density at radius 1 is 1.32 bits per heavy atom. The van der Waals surface area contributed by atoms with Crippen molar-refractivity contribution in [1.82, 2.24) is 4.57 Å². The number of ether oxygens (including phenoxy) is 3. The number of aromatic nitrogens is 1. The summed E-state index contributed by atoms with van der Waals surface area (Å²) in [5, 5.41) is 0.401. The van der Waals surface area contributed by atoms with Crippen LogP contribution in [0.15, 0.2) is 46.6 Å². The lowest BCUT2D eigenvalue weighted by Crippen LogP contribution is -2.35. The highest BCUT2D eigenvalue weighted by Crippen LogP contribution is 2.43. The molecule has 0 spiro atoms. The van der Waals surface area contributed by atoms with E-state index in [4.69, 9.17) is 31.5 Å². The molecule has 0 unspecified atom stereocenters. The van der Waals surface area contributed by atoms with E-state index in [1.165, 1.54) is 7.11 Å². The van der Waals surface area contributed by atoms with Crippen LogP contribution in [0.5, 0.6) is 5.75 Å². The number of benzene rings is 1. The zero-order valence-corrected chi connectivity index (χ0v) is 16.6. The fourth-order valence-corrected chi connectivity index (χ4v) is 3.62. The van der Waals surface area contributed by atoms with Gasteiger partial charge >= 0.3 is 5.97 Å². The minimum absolute atomic E-state index is 0.0438. The number of fused-ring (bicyclic) bond motifs is 1. The van der Waals surface area contributed by atoms with Gasteiger partial charge in [0, 0.05) is 30.4 Å². The van der Waals surface area contributed by atoms with E-state index in [1.54, 1.807) is 48.9 Å². The van der Waals surface area contributed by atoms with Crippen LogP contribution in [0.1, 0.15) is 22.7 Å². The van der Waals surface area contributed by atoms with Crippen LogP contribution in [0.3, 0.4) is 0 Å². The first-order valence-electron chi connectivity index (χ1n) is 8.64. The minimum atomic E-state index is -0.813. The maximum absolute atomic E-state index is 13.4. The number of nitrogens with two attached hydrogens (primary N) is 1. The highest BCUT2D eigenvalue weighted by Gasteiger charge is 2.39. The van der Waals surface area contributed by atoms with E-state index < -0.39 is 11.9 Å². The van der Waals surface area contributed by atoms with Crippen molar-refractivity contribution in [3.05, 3.63) is 74.0 Å². The third-order valence-electron chi connectivity index (χ3n) is 4.71. The molecule has 148 valence electrons. The van der Waals surface area contributed by atoms with Crippen molar-refractivity contribution in [1.29, 1.82) is 0 Å². The maximum atomic E-state index is 13.4. The molecule has 1 aliphatic rings. The molecule has 1 aromatic heterocycles. The summed E-state index contributed by atoms with van der Waals surface area (Å²) in [6.45, 7) is 2.51. The molecule has 2 heterocycles. The first-order valence-corrected chi connectivity index (χ1v) is 9.02. The standard InChI is InChI=1S/C20H21ClN2O5/c1-11-10-14-16(19(24)23(11)8-9-26-2)15(12-6-4-5-7-13(12)21)17(18(22)28-14)20(25)27-3/h4-7,10,15H,8-9,22H2,1-3H3/t15-/m0/s1. The monoisotopic (exact) mass is 404 g/mol. The Labute approximate surface area is 167 Å². The van der Waals surface area contributed by atoms with Gasteiger partial charge in [0.05, 0.1) is 25.2 Å².